The van der Waals surface area contributed by atoms with Gasteiger partial charge in [-0.2, -0.15) is 0 Å². The summed E-state index contributed by atoms with van der Waals surface area (Å²) < 4.78 is 7.27. The molecule has 0 saturated carbocycles. The maximum Gasteiger partial charge on any atom is 0.165 e. The number of nitrogens with zero attached hydrogens (tertiary/aromatic N) is 4. The Bertz CT molecular complexity index is 619. The Morgan fingerprint density at radius 1 is 1.43 bits per heavy atom. The van der Waals surface area contributed by atoms with Gasteiger partial charge in [0.2, 0.25) is 0 Å². The molecular formula is C14H21N5O2. The SMILES string of the molecule is CC(C)Nc1ncnc2c1ncn2CC1(O)CCCOC1. The molecule has 0 bridgehead atoms. The van der Waals surface area contributed by atoms with E-state index in [4.69, 9.17) is 4.74 Å². The van der Waals surface area contributed by atoms with Crippen LogP contribution in [0.5, 0.6) is 0 Å². The highest BCUT2D eigenvalue weighted by atomic mass is 16.5. The molecular weight excluding hydrogens is 270 g/mol. The van der Waals surface area contributed by atoms with E-state index in [0.29, 0.717) is 13.2 Å². The average molecular weight is 291 g/mol. The summed E-state index contributed by atoms with van der Waals surface area (Å²) in [5.74, 6) is 0.723. The van der Waals surface area contributed by atoms with Crippen molar-refractivity contribution in [3.63, 3.8) is 0 Å². The monoisotopic (exact) mass is 291 g/mol. The summed E-state index contributed by atoms with van der Waals surface area (Å²) in [4.78, 5) is 12.9. The largest absolute Gasteiger partial charge is 0.386 e. The lowest BCUT2D eigenvalue weighted by Gasteiger charge is -2.32. The second-order valence-electron chi connectivity index (χ2n) is 5.95. The topological polar surface area (TPSA) is 85.1 Å². The highest BCUT2D eigenvalue weighted by Gasteiger charge is 2.31. The molecule has 1 fully saturated rings. The van der Waals surface area contributed by atoms with Crippen molar-refractivity contribution in [2.45, 2.75) is 44.9 Å². The number of rotatable bonds is 4. The van der Waals surface area contributed by atoms with Crippen LogP contribution in [0.25, 0.3) is 11.2 Å². The van der Waals surface area contributed by atoms with Crippen LogP contribution in [-0.4, -0.2) is 49.5 Å². The molecule has 2 aromatic rings. The number of aliphatic hydroxyl groups is 1. The Balaban J connectivity index is 1.90. The number of hydrogen-bond donors (Lipinski definition) is 2. The van der Waals surface area contributed by atoms with Gasteiger partial charge < -0.3 is 19.7 Å². The van der Waals surface area contributed by atoms with Crippen molar-refractivity contribution in [1.82, 2.24) is 19.5 Å². The zero-order chi connectivity index (χ0) is 14.9. The van der Waals surface area contributed by atoms with Crippen molar-refractivity contribution in [3.05, 3.63) is 12.7 Å². The molecule has 1 saturated heterocycles. The molecule has 3 heterocycles. The maximum absolute atomic E-state index is 10.6. The fourth-order valence-corrected chi connectivity index (χ4v) is 2.65. The minimum absolute atomic E-state index is 0.268. The van der Waals surface area contributed by atoms with Crippen molar-refractivity contribution >= 4 is 17.0 Å². The minimum Gasteiger partial charge on any atom is -0.386 e. The van der Waals surface area contributed by atoms with Gasteiger partial charge >= 0.3 is 0 Å². The molecule has 1 unspecified atom stereocenters. The number of nitrogens with one attached hydrogen (secondary N) is 1. The third kappa shape index (κ3) is 2.98. The molecule has 21 heavy (non-hydrogen) atoms. The molecule has 3 rings (SSSR count). The molecule has 1 atom stereocenters. The summed E-state index contributed by atoms with van der Waals surface area (Å²) in [6.07, 6.45) is 4.83. The highest BCUT2D eigenvalue weighted by molar-refractivity contribution is 5.82. The molecule has 114 valence electrons. The van der Waals surface area contributed by atoms with Gasteiger partial charge in [0.05, 0.1) is 19.5 Å². The van der Waals surface area contributed by atoms with Crippen LogP contribution in [-0.2, 0) is 11.3 Å². The van der Waals surface area contributed by atoms with E-state index >= 15 is 0 Å². The van der Waals surface area contributed by atoms with E-state index in [0.717, 1.165) is 36.4 Å². The van der Waals surface area contributed by atoms with Crippen molar-refractivity contribution in [3.8, 4) is 0 Å². The van der Waals surface area contributed by atoms with Crippen LogP contribution in [0.3, 0.4) is 0 Å². The van der Waals surface area contributed by atoms with Gasteiger partial charge in [-0.05, 0) is 26.7 Å². The van der Waals surface area contributed by atoms with E-state index in [1.807, 2.05) is 18.4 Å². The average Bonchev–Trinajstić information content (AvgIpc) is 2.83. The van der Waals surface area contributed by atoms with Crippen LogP contribution in [0.2, 0.25) is 0 Å². The zero-order valence-electron chi connectivity index (χ0n) is 12.4. The smallest absolute Gasteiger partial charge is 0.165 e. The summed E-state index contributed by atoms with van der Waals surface area (Å²) in [5, 5.41) is 13.8. The van der Waals surface area contributed by atoms with E-state index in [1.165, 1.54) is 6.33 Å². The normalized spacial score (nSPS) is 22.9. The summed E-state index contributed by atoms with van der Waals surface area (Å²) in [6.45, 7) is 5.61. The lowest BCUT2D eigenvalue weighted by molar-refractivity contribution is -0.0937. The Morgan fingerprint density at radius 3 is 3.00 bits per heavy atom. The first-order valence-electron chi connectivity index (χ1n) is 7.30. The van der Waals surface area contributed by atoms with Crippen molar-refractivity contribution in [1.29, 1.82) is 0 Å². The van der Waals surface area contributed by atoms with Crippen LogP contribution in [0.15, 0.2) is 12.7 Å². The van der Waals surface area contributed by atoms with Gasteiger partial charge in [0.15, 0.2) is 11.5 Å². The third-order valence-electron chi connectivity index (χ3n) is 3.59. The lowest BCUT2D eigenvalue weighted by atomic mass is 9.97. The third-order valence-corrected chi connectivity index (χ3v) is 3.59. The lowest BCUT2D eigenvalue weighted by Crippen LogP contribution is -2.42. The molecule has 0 aliphatic carbocycles. The van der Waals surface area contributed by atoms with Crippen LogP contribution in [0.1, 0.15) is 26.7 Å². The van der Waals surface area contributed by atoms with Gasteiger partial charge in [0.1, 0.15) is 17.4 Å². The summed E-state index contributed by atoms with van der Waals surface area (Å²) in [6, 6.07) is 0.268. The summed E-state index contributed by atoms with van der Waals surface area (Å²) in [7, 11) is 0. The minimum atomic E-state index is -0.845. The van der Waals surface area contributed by atoms with Crippen LogP contribution in [0, 0.1) is 0 Å². The standard InChI is InChI=1S/C14H21N5O2/c1-10(2)18-12-11-13(16-8-15-12)19(9-17-11)6-14(20)4-3-5-21-7-14/h8-10,20H,3-7H2,1-2H3,(H,15,16,18). The van der Waals surface area contributed by atoms with Crippen LogP contribution in [0.4, 0.5) is 5.82 Å². The predicted octanol–water partition coefficient (Wildman–Crippen LogP) is 1.19. The van der Waals surface area contributed by atoms with E-state index in [-0.39, 0.29) is 6.04 Å². The quantitative estimate of drug-likeness (QED) is 0.880. The van der Waals surface area contributed by atoms with Gasteiger partial charge in [-0.3, -0.25) is 0 Å². The van der Waals surface area contributed by atoms with E-state index in [1.54, 1.807) is 6.33 Å². The Labute approximate surface area is 123 Å². The van der Waals surface area contributed by atoms with Crippen LogP contribution < -0.4 is 5.32 Å². The molecule has 2 aromatic heterocycles. The van der Waals surface area contributed by atoms with Gasteiger partial charge in [-0.15, -0.1) is 0 Å². The highest BCUT2D eigenvalue weighted by Crippen LogP contribution is 2.24. The maximum atomic E-state index is 10.6. The molecule has 7 heteroatoms. The van der Waals surface area contributed by atoms with Crippen molar-refractivity contribution in [2.24, 2.45) is 0 Å². The predicted molar refractivity (Wildman–Crippen MR) is 79.1 cm³/mol. The van der Waals surface area contributed by atoms with Gasteiger partial charge in [0, 0.05) is 12.6 Å². The molecule has 0 spiro atoms. The first-order valence-corrected chi connectivity index (χ1v) is 7.30. The number of aromatic nitrogens is 4. The van der Waals surface area contributed by atoms with Gasteiger partial charge in [-0.1, -0.05) is 0 Å². The summed E-state index contributed by atoms with van der Waals surface area (Å²) >= 11 is 0. The molecule has 2 N–H and O–H groups in total. The second kappa shape index (κ2) is 5.57. The Kier molecular flexibility index (Phi) is 3.77. The second-order valence-corrected chi connectivity index (χ2v) is 5.95. The van der Waals surface area contributed by atoms with E-state index in [9.17, 15) is 5.11 Å². The molecule has 1 aliphatic heterocycles. The van der Waals surface area contributed by atoms with Crippen LogP contribution >= 0.6 is 0 Å². The fourth-order valence-electron chi connectivity index (χ4n) is 2.65. The van der Waals surface area contributed by atoms with Gasteiger partial charge in [0.25, 0.3) is 0 Å². The van der Waals surface area contributed by atoms with Gasteiger partial charge in [-0.25, -0.2) is 15.0 Å². The number of ether oxygens (including phenoxy) is 1. The Morgan fingerprint density at radius 2 is 2.29 bits per heavy atom. The number of fused-ring (bicyclic) bond motifs is 1. The Hall–Kier alpha value is -1.73. The first kappa shape index (κ1) is 14.2. The van der Waals surface area contributed by atoms with Crippen molar-refractivity contribution in [2.75, 3.05) is 18.5 Å². The zero-order valence-corrected chi connectivity index (χ0v) is 12.4. The molecule has 0 amide bonds. The number of imidazole rings is 1. The number of anilines is 1. The fraction of sp³-hybridized carbons (Fsp3) is 0.643. The summed E-state index contributed by atoms with van der Waals surface area (Å²) in [5.41, 5.74) is 0.612. The van der Waals surface area contributed by atoms with E-state index < -0.39 is 5.60 Å². The molecule has 0 aromatic carbocycles. The van der Waals surface area contributed by atoms with E-state index in [2.05, 4.69) is 20.3 Å². The first-order chi connectivity index (χ1) is 10.1. The molecule has 1 aliphatic rings. The molecule has 7 nitrogen and oxygen atoms in total. The molecule has 0 radical (unpaired) electrons. The van der Waals surface area contributed by atoms with Crippen molar-refractivity contribution < 1.29 is 9.84 Å². The number of hydrogen-bond acceptors (Lipinski definition) is 6.